The van der Waals surface area contributed by atoms with Gasteiger partial charge >= 0.3 is 5.97 Å². The van der Waals surface area contributed by atoms with E-state index in [1.807, 2.05) is 19.0 Å². The summed E-state index contributed by atoms with van der Waals surface area (Å²) in [4.78, 5) is 17.5. The third-order valence-electron chi connectivity index (χ3n) is 2.52. The molecule has 0 aliphatic carbocycles. The Balaban J connectivity index is 0.00000110. The van der Waals surface area contributed by atoms with Crippen molar-refractivity contribution < 1.29 is 9.53 Å². The largest absolute Gasteiger partial charge is 0.469 e. The Morgan fingerprint density at radius 2 is 1.95 bits per heavy atom. The maximum absolute atomic E-state index is 11.0. The van der Waals surface area contributed by atoms with Crippen molar-refractivity contribution >= 4 is 11.9 Å². The van der Waals surface area contributed by atoms with Crippen LogP contribution < -0.4 is 4.90 Å². The number of rotatable bonds is 6. The standard InChI is InChI=1S/C11H20N4O2.C3H8/c1-5-8-14(2)11-12-9(15(3)13-11)6-7-10(16)17-4;1-3-2/h5-8H2,1-4H3;3H2,1-2H3. The van der Waals surface area contributed by atoms with E-state index in [1.165, 1.54) is 13.5 Å². The van der Waals surface area contributed by atoms with Crippen molar-refractivity contribution in [2.45, 2.75) is 46.5 Å². The molecule has 6 nitrogen and oxygen atoms in total. The summed E-state index contributed by atoms with van der Waals surface area (Å²) in [6.07, 6.45) is 3.18. The SMILES string of the molecule is CCC.CCCN(C)c1nc(CCC(=O)OC)n(C)n1. The monoisotopic (exact) mass is 284 g/mol. The van der Waals surface area contributed by atoms with Gasteiger partial charge in [-0.3, -0.25) is 9.48 Å². The molecule has 0 saturated carbocycles. The number of methoxy groups -OCH3 is 1. The predicted octanol–water partition coefficient (Wildman–Crippen LogP) is 2.18. The van der Waals surface area contributed by atoms with Gasteiger partial charge in [0.05, 0.1) is 13.5 Å². The van der Waals surface area contributed by atoms with Crippen LogP contribution in [0.2, 0.25) is 0 Å². The molecule has 0 aliphatic heterocycles. The van der Waals surface area contributed by atoms with Gasteiger partial charge in [0.2, 0.25) is 5.95 Å². The van der Waals surface area contributed by atoms with E-state index in [4.69, 9.17) is 0 Å². The van der Waals surface area contributed by atoms with Crippen LogP contribution >= 0.6 is 0 Å². The number of hydrogen-bond acceptors (Lipinski definition) is 5. The summed E-state index contributed by atoms with van der Waals surface area (Å²) >= 11 is 0. The van der Waals surface area contributed by atoms with Crippen molar-refractivity contribution in [1.82, 2.24) is 14.8 Å². The average Bonchev–Trinajstić information content (AvgIpc) is 2.78. The minimum absolute atomic E-state index is 0.225. The first-order valence-corrected chi connectivity index (χ1v) is 7.17. The zero-order chi connectivity index (χ0) is 15.5. The number of nitrogens with zero attached hydrogens (tertiary/aromatic N) is 4. The smallest absolute Gasteiger partial charge is 0.305 e. The molecule has 0 unspecified atom stereocenters. The number of carbonyl (C=O) groups is 1. The average molecular weight is 284 g/mol. The van der Waals surface area contributed by atoms with E-state index in [1.54, 1.807) is 4.68 Å². The molecule has 0 amide bonds. The molecule has 116 valence electrons. The fourth-order valence-corrected chi connectivity index (χ4v) is 1.53. The quantitative estimate of drug-likeness (QED) is 0.749. The van der Waals surface area contributed by atoms with Gasteiger partial charge in [-0.15, -0.1) is 5.10 Å². The molecule has 1 rings (SSSR count). The van der Waals surface area contributed by atoms with Gasteiger partial charge in [-0.2, -0.15) is 4.98 Å². The van der Waals surface area contributed by atoms with Crippen molar-refractivity contribution in [3.05, 3.63) is 5.82 Å². The number of aromatic nitrogens is 3. The lowest BCUT2D eigenvalue weighted by Crippen LogP contribution is -2.19. The van der Waals surface area contributed by atoms with Crippen LogP contribution in [0.1, 0.15) is 45.9 Å². The number of hydrogen-bond donors (Lipinski definition) is 0. The molecule has 0 radical (unpaired) electrons. The lowest BCUT2D eigenvalue weighted by Gasteiger charge is -2.12. The van der Waals surface area contributed by atoms with Crippen LogP contribution in [0.15, 0.2) is 0 Å². The van der Waals surface area contributed by atoms with Gasteiger partial charge in [0.1, 0.15) is 5.82 Å². The maximum atomic E-state index is 11.0. The van der Waals surface area contributed by atoms with Crippen LogP contribution in [0, 0.1) is 0 Å². The van der Waals surface area contributed by atoms with Crippen LogP contribution in [-0.2, 0) is 23.0 Å². The normalized spacial score (nSPS) is 9.70. The summed E-state index contributed by atoms with van der Waals surface area (Å²) in [6.45, 7) is 7.28. The van der Waals surface area contributed by atoms with E-state index in [2.05, 4.69) is 35.6 Å². The highest BCUT2D eigenvalue weighted by atomic mass is 16.5. The first-order valence-electron chi connectivity index (χ1n) is 7.17. The first-order chi connectivity index (χ1) is 9.49. The summed E-state index contributed by atoms with van der Waals surface area (Å²) in [5.74, 6) is 1.28. The second kappa shape index (κ2) is 10.2. The molecule has 0 fully saturated rings. The van der Waals surface area contributed by atoms with Crippen molar-refractivity contribution in [1.29, 1.82) is 0 Å². The number of aryl methyl sites for hydroxylation is 2. The topological polar surface area (TPSA) is 60.3 Å². The Kier molecular flexibility index (Phi) is 9.41. The molecule has 20 heavy (non-hydrogen) atoms. The molecule has 1 heterocycles. The highest BCUT2D eigenvalue weighted by Crippen LogP contribution is 2.09. The number of ether oxygens (including phenoxy) is 1. The molecule has 6 heteroatoms. The fourth-order valence-electron chi connectivity index (χ4n) is 1.53. The van der Waals surface area contributed by atoms with Crippen molar-refractivity contribution in [3.8, 4) is 0 Å². The minimum atomic E-state index is -0.225. The molecule has 0 aliphatic rings. The van der Waals surface area contributed by atoms with Crippen LogP contribution in [0.4, 0.5) is 5.95 Å². The van der Waals surface area contributed by atoms with Gasteiger partial charge in [-0.05, 0) is 6.42 Å². The van der Waals surface area contributed by atoms with E-state index in [0.717, 1.165) is 18.8 Å². The highest BCUT2D eigenvalue weighted by molar-refractivity contribution is 5.69. The molecule has 0 aromatic carbocycles. The predicted molar refractivity (Wildman–Crippen MR) is 80.9 cm³/mol. The molecule has 1 aromatic rings. The molecule has 1 aromatic heterocycles. The van der Waals surface area contributed by atoms with Gasteiger partial charge in [-0.25, -0.2) is 0 Å². The van der Waals surface area contributed by atoms with Crippen LogP contribution in [0.25, 0.3) is 0 Å². The molecule has 0 bridgehead atoms. The van der Waals surface area contributed by atoms with Gasteiger partial charge in [0.25, 0.3) is 0 Å². The summed E-state index contributed by atoms with van der Waals surface area (Å²) in [6, 6.07) is 0. The zero-order valence-corrected chi connectivity index (χ0v) is 13.6. The molecular formula is C14H28N4O2. The van der Waals surface area contributed by atoms with Gasteiger partial charge < -0.3 is 9.64 Å². The fraction of sp³-hybridized carbons (Fsp3) is 0.786. The van der Waals surface area contributed by atoms with Crippen LogP contribution in [-0.4, -0.2) is 41.4 Å². The van der Waals surface area contributed by atoms with Crippen molar-refractivity contribution in [3.63, 3.8) is 0 Å². The Bertz CT molecular complexity index is 391. The lowest BCUT2D eigenvalue weighted by molar-refractivity contribution is -0.140. The van der Waals surface area contributed by atoms with E-state index >= 15 is 0 Å². The number of anilines is 1. The highest BCUT2D eigenvalue weighted by Gasteiger charge is 2.12. The lowest BCUT2D eigenvalue weighted by atomic mass is 10.3. The Hall–Kier alpha value is -1.59. The van der Waals surface area contributed by atoms with Crippen molar-refractivity contribution in [2.24, 2.45) is 7.05 Å². The van der Waals surface area contributed by atoms with E-state index in [-0.39, 0.29) is 5.97 Å². The zero-order valence-electron chi connectivity index (χ0n) is 13.6. The third-order valence-corrected chi connectivity index (χ3v) is 2.52. The Morgan fingerprint density at radius 3 is 2.45 bits per heavy atom. The Labute approximate surface area is 122 Å². The van der Waals surface area contributed by atoms with Gasteiger partial charge in [0, 0.05) is 27.1 Å². The molecule has 0 spiro atoms. The summed E-state index contributed by atoms with van der Waals surface area (Å²) in [5, 5.41) is 4.31. The number of carbonyl (C=O) groups excluding carboxylic acids is 1. The Morgan fingerprint density at radius 1 is 1.35 bits per heavy atom. The van der Waals surface area contributed by atoms with Crippen LogP contribution in [0.3, 0.4) is 0 Å². The van der Waals surface area contributed by atoms with E-state index < -0.39 is 0 Å². The first kappa shape index (κ1) is 18.4. The van der Waals surface area contributed by atoms with Crippen LogP contribution in [0.5, 0.6) is 0 Å². The molecule has 0 N–H and O–H groups in total. The number of esters is 1. The molecular weight excluding hydrogens is 256 g/mol. The molecule has 0 saturated heterocycles. The summed E-state index contributed by atoms with van der Waals surface area (Å²) in [7, 11) is 5.19. The summed E-state index contributed by atoms with van der Waals surface area (Å²) in [5.41, 5.74) is 0. The van der Waals surface area contributed by atoms with E-state index in [0.29, 0.717) is 18.8 Å². The maximum Gasteiger partial charge on any atom is 0.305 e. The van der Waals surface area contributed by atoms with Crippen molar-refractivity contribution in [2.75, 3.05) is 25.6 Å². The second-order valence-electron chi connectivity index (χ2n) is 4.66. The molecule has 0 atom stereocenters. The minimum Gasteiger partial charge on any atom is -0.469 e. The van der Waals surface area contributed by atoms with Gasteiger partial charge in [-0.1, -0.05) is 27.2 Å². The second-order valence-corrected chi connectivity index (χ2v) is 4.66. The third kappa shape index (κ3) is 6.54. The van der Waals surface area contributed by atoms with E-state index in [9.17, 15) is 4.79 Å². The summed E-state index contributed by atoms with van der Waals surface area (Å²) < 4.78 is 6.31. The van der Waals surface area contributed by atoms with Gasteiger partial charge in [0.15, 0.2) is 0 Å².